The fourth-order valence-corrected chi connectivity index (χ4v) is 6.81. The molecule has 35 heavy (non-hydrogen) atoms. The largest absolute Gasteiger partial charge is 0.353 e. The molecule has 6 rings (SSSR count). The van der Waals surface area contributed by atoms with Crippen molar-refractivity contribution in [1.29, 1.82) is 0 Å². The zero-order valence-corrected chi connectivity index (χ0v) is 21.0. The van der Waals surface area contributed by atoms with Gasteiger partial charge < -0.3 is 4.90 Å². The van der Waals surface area contributed by atoms with Crippen LogP contribution in [0.25, 0.3) is 10.2 Å². The average Bonchev–Trinajstić information content (AvgIpc) is 3.23. The summed E-state index contributed by atoms with van der Waals surface area (Å²) in [6.07, 6.45) is 4.30. The Balaban J connectivity index is 1.29. The number of hydrogen-bond donors (Lipinski definition) is 0. The molecule has 0 N–H and O–H groups in total. The van der Waals surface area contributed by atoms with Gasteiger partial charge in [-0.1, -0.05) is 49.4 Å². The minimum atomic E-state index is -0.175. The number of thiophene rings is 1. The van der Waals surface area contributed by atoms with Gasteiger partial charge in [0.1, 0.15) is 22.3 Å². The van der Waals surface area contributed by atoms with Crippen LogP contribution in [0.15, 0.2) is 54.6 Å². The molecular weight excluding hydrogens is 455 g/mol. The van der Waals surface area contributed by atoms with E-state index in [4.69, 9.17) is 9.97 Å². The lowest BCUT2D eigenvalue weighted by Crippen LogP contribution is -2.46. The smallest absolute Gasteiger partial charge is 0.141 e. The Morgan fingerprint density at radius 1 is 0.943 bits per heavy atom. The van der Waals surface area contributed by atoms with Crippen molar-refractivity contribution in [3.8, 4) is 0 Å². The van der Waals surface area contributed by atoms with Crippen molar-refractivity contribution in [2.45, 2.75) is 39.2 Å². The molecular formula is C29H31FN4S. The van der Waals surface area contributed by atoms with Crippen LogP contribution < -0.4 is 4.90 Å². The molecule has 4 aromatic rings. The van der Waals surface area contributed by atoms with Crippen LogP contribution in [-0.2, 0) is 25.8 Å². The van der Waals surface area contributed by atoms with Crippen molar-refractivity contribution in [3.05, 3.63) is 87.8 Å². The first-order valence-electron chi connectivity index (χ1n) is 12.7. The lowest BCUT2D eigenvalue weighted by atomic mass is 9.89. The van der Waals surface area contributed by atoms with Gasteiger partial charge in [0.05, 0.1) is 5.39 Å². The first-order valence-corrected chi connectivity index (χ1v) is 13.5. The molecule has 1 saturated heterocycles. The zero-order chi connectivity index (χ0) is 23.8. The van der Waals surface area contributed by atoms with Crippen molar-refractivity contribution in [2.24, 2.45) is 5.92 Å². The van der Waals surface area contributed by atoms with Crippen molar-refractivity contribution in [1.82, 2.24) is 14.9 Å². The Bertz CT molecular complexity index is 1310. The van der Waals surface area contributed by atoms with Crippen LogP contribution in [0.2, 0.25) is 0 Å². The van der Waals surface area contributed by atoms with Gasteiger partial charge in [-0.3, -0.25) is 4.90 Å². The number of benzene rings is 2. The number of anilines is 1. The van der Waals surface area contributed by atoms with Crippen molar-refractivity contribution in [2.75, 3.05) is 31.1 Å². The Labute approximate surface area is 210 Å². The quantitative estimate of drug-likeness (QED) is 0.353. The SMILES string of the molecule is CC1CCc2c(sc3nc(Cc4ccccc4)nc(N4CCN(Cc5ccc(F)cc5)CC4)c23)C1. The summed E-state index contributed by atoms with van der Waals surface area (Å²) in [4.78, 5) is 17.9. The summed E-state index contributed by atoms with van der Waals surface area (Å²) in [5.74, 6) is 2.62. The van der Waals surface area contributed by atoms with E-state index in [1.54, 1.807) is 12.1 Å². The molecule has 1 unspecified atom stereocenters. The Morgan fingerprint density at radius 2 is 1.71 bits per heavy atom. The molecule has 1 atom stereocenters. The lowest BCUT2D eigenvalue weighted by Gasteiger charge is -2.36. The van der Waals surface area contributed by atoms with E-state index in [2.05, 4.69) is 47.1 Å². The first kappa shape index (κ1) is 22.6. The summed E-state index contributed by atoms with van der Waals surface area (Å²) < 4.78 is 13.3. The van der Waals surface area contributed by atoms with Crippen molar-refractivity contribution in [3.63, 3.8) is 0 Å². The fourth-order valence-electron chi connectivity index (χ4n) is 5.42. The molecule has 0 spiro atoms. The van der Waals surface area contributed by atoms with Gasteiger partial charge in [-0.25, -0.2) is 14.4 Å². The van der Waals surface area contributed by atoms with E-state index in [-0.39, 0.29) is 5.82 Å². The molecule has 2 aromatic carbocycles. The number of halogens is 1. The highest BCUT2D eigenvalue weighted by Gasteiger charge is 2.27. The fraction of sp³-hybridized carbons (Fsp3) is 0.379. The van der Waals surface area contributed by atoms with Crippen LogP contribution in [0.4, 0.5) is 10.2 Å². The van der Waals surface area contributed by atoms with Crippen molar-refractivity contribution < 1.29 is 4.39 Å². The van der Waals surface area contributed by atoms with E-state index in [1.165, 1.54) is 27.8 Å². The van der Waals surface area contributed by atoms with Gasteiger partial charge in [0.25, 0.3) is 0 Å². The number of hydrogen-bond acceptors (Lipinski definition) is 5. The van der Waals surface area contributed by atoms with Crippen LogP contribution in [0.1, 0.15) is 40.7 Å². The Morgan fingerprint density at radius 3 is 2.49 bits per heavy atom. The maximum Gasteiger partial charge on any atom is 0.141 e. The van der Waals surface area contributed by atoms with E-state index < -0.39 is 0 Å². The second-order valence-electron chi connectivity index (χ2n) is 10.0. The topological polar surface area (TPSA) is 32.3 Å². The predicted octanol–water partition coefficient (Wildman–Crippen LogP) is 5.87. The molecule has 3 heterocycles. The summed E-state index contributed by atoms with van der Waals surface area (Å²) in [5.41, 5.74) is 3.91. The molecule has 2 aromatic heterocycles. The van der Waals surface area contributed by atoms with Crippen LogP contribution in [-0.4, -0.2) is 41.0 Å². The summed E-state index contributed by atoms with van der Waals surface area (Å²) >= 11 is 1.89. The molecule has 1 aliphatic heterocycles. The summed E-state index contributed by atoms with van der Waals surface area (Å²) in [6, 6.07) is 17.4. The highest BCUT2D eigenvalue weighted by molar-refractivity contribution is 7.19. The molecule has 2 aliphatic rings. The molecule has 180 valence electrons. The van der Waals surface area contributed by atoms with Crippen molar-refractivity contribution >= 4 is 27.4 Å². The lowest BCUT2D eigenvalue weighted by molar-refractivity contribution is 0.249. The van der Waals surface area contributed by atoms with Crippen LogP contribution in [0.5, 0.6) is 0 Å². The number of fused-ring (bicyclic) bond motifs is 3. The van der Waals surface area contributed by atoms with Gasteiger partial charge in [0.15, 0.2) is 0 Å². The van der Waals surface area contributed by atoms with E-state index in [9.17, 15) is 4.39 Å². The normalized spacial score (nSPS) is 18.7. The molecule has 0 saturated carbocycles. The highest BCUT2D eigenvalue weighted by atomic mass is 32.1. The minimum absolute atomic E-state index is 0.175. The van der Waals surface area contributed by atoms with E-state index in [0.717, 1.165) is 79.9 Å². The van der Waals surface area contributed by atoms with E-state index >= 15 is 0 Å². The highest BCUT2D eigenvalue weighted by Crippen LogP contribution is 2.41. The Kier molecular flexibility index (Phi) is 6.25. The zero-order valence-electron chi connectivity index (χ0n) is 20.2. The maximum atomic E-state index is 13.3. The van der Waals surface area contributed by atoms with Gasteiger partial charge in [-0.2, -0.15) is 0 Å². The molecule has 0 radical (unpaired) electrons. The maximum absolute atomic E-state index is 13.3. The van der Waals surface area contributed by atoms with Crippen LogP contribution in [0.3, 0.4) is 0 Å². The summed E-state index contributed by atoms with van der Waals surface area (Å²) in [7, 11) is 0. The van der Waals surface area contributed by atoms with Crippen LogP contribution in [0, 0.1) is 11.7 Å². The summed E-state index contributed by atoms with van der Waals surface area (Å²) in [6.45, 7) is 7.05. The average molecular weight is 487 g/mol. The third-order valence-corrected chi connectivity index (χ3v) is 8.53. The first-order chi connectivity index (χ1) is 17.1. The number of piperazine rings is 1. The minimum Gasteiger partial charge on any atom is -0.353 e. The number of aromatic nitrogens is 2. The van der Waals surface area contributed by atoms with E-state index in [1.807, 2.05) is 23.5 Å². The molecule has 1 aliphatic carbocycles. The van der Waals surface area contributed by atoms with Gasteiger partial charge in [-0.05, 0) is 54.0 Å². The number of rotatable bonds is 5. The van der Waals surface area contributed by atoms with Gasteiger partial charge in [0.2, 0.25) is 0 Å². The van der Waals surface area contributed by atoms with E-state index in [0.29, 0.717) is 0 Å². The third kappa shape index (κ3) is 4.82. The summed E-state index contributed by atoms with van der Waals surface area (Å²) in [5, 5.41) is 1.31. The monoisotopic (exact) mass is 486 g/mol. The van der Waals surface area contributed by atoms with Gasteiger partial charge in [-0.15, -0.1) is 11.3 Å². The standard InChI is InChI=1S/C29H31FN4S/c1-20-7-12-24-25(17-20)35-29-27(24)28(31-26(32-29)18-21-5-3-2-4-6-21)34-15-13-33(14-16-34)19-22-8-10-23(30)11-9-22/h2-6,8-11,20H,7,12-19H2,1H3. The number of aryl methyl sites for hydroxylation is 1. The second kappa shape index (κ2) is 9.67. The van der Waals surface area contributed by atoms with Crippen LogP contribution >= 0.6 is 11.3 Å². The molecule has 6 heteroatoms. The molecule has 4 nitrogen and oxygen atoms in total. The molecule has 0 bridgehead atoms. The molecule has 0 amide bonds. The molecule has 1 fully saturated rings. The Hall–Kier alpha value is -2.83. The predicted molar refractivity (Wildman–Crippen MR) is 142 cm³/mol. The van der Waals surface area contributed by atoms with Gasteiger partial charge in [0, 0.05) is 44.0 Å². The second-order valence-corrected chi connectivity index (χ2v) is 11.1. The van der Waals surface area contributed by atoms with Gasteiger partial charge >= 0.3 is 0 Å². The third-order valence-electron chi connectivity index (χ3n) is 7.38. The number of nitrogens with zero attached hydrogens (tertiary/aromatic N) is 4.